The number of halogens is 1. The van der Waals surface area contributed by atoms with Gasteiger partial charge in [-0.25, -0.2) is 4.39 Å². The van der Waals surface area contributed by atoms with Gasteiger partial charge >= 0.3 is 0 Å². The molecule has 0 amide bonds. The zero-order valence-corrected chi connectivity index (χ0v) is 11.9. The average Bonchev–Trinajstić information content (AvgIpc) is 2.54. The lowest BCUT2D eigenvalue weighted by Gasteiger charge is -2.30. The predicted octanol–water partition coefficient (Wildman–Crippen LogP) is 2.32. The second kappa shape index (κ2) is 6.35. The number of nitrogens with zero attached hydrogens (tertiary/aromatic N) is 2. The van der Waals surface area contributed by atoms with Crippen LogP contribution in [0.1, 0.15) is 25.3 Å². The lowest BCUT2D eigenvalue weighted by molar-refractivity contribution is 0.176. The molecule has 1 aliphatic rings. The van der Waals surface area contributed by atoms with Gasteiger partial charge in [-0.1, -0.05) is 13.0 Å². The van der Waals surface area contributed by atoms with Gasteiger partial charge in [-0.2, -0.15) is 0 Å². The molecule has 2 rings (SSSR count). The number of likely N-dealkylation sites (N-methyl/N-ethyl adjacent to an activating group) is 1. The first kappa shape index (κ1) is 14.3. The van der Waals surface area contributed by atoms with Crippen LogP contribution in [0.4, 0.5) is 10.1 Å². The Bertz CT molecular complexity index is 422. The van der Waals surface area contributed by atoms with Crippen molar-refractivity contribution in [3.05, 3.63) is 29.6 Å². The highest BCUT2D eigenvalue weighted by atomic mass is 19.1. The molecule has 1 saturated heterocycles. The molecule has 1 aromatic carbocycles. The number of nitrogen functional groups attached to an aromatic ring is 1. The second-order valence-electron chi connectivity index (χ2n) is 5.49. The van der Waals surface area contributed by atoms with E-state index >= 15 is 0 Å². The fourth-order valence-corrected chi connectivity index (χ4v) is 2.82. The molecule has 1 fully saturated rings. The predicted molar refractivity (Wildman–Crippen MR) is 77.4 cm³/mol. The van der Waals surface area contributed by atoms with Crippen molar-refractivity contribution < 1.29 is 4.39 Å². The van der Waals surface area contributed by atoms with Crippen LogP contribution in [-0.2, 0) is 6.54 Å². The number of hydrogen-bond donors (Lipinski definition) is 1. The fourth-order valence-electron chi connectivity index (χ4n) is 2.82. The van der Waals surface area contributed by atoms with Crippen LogP contribution < -0.4 is 5.73 Å². The molecule has 19 heavy (non-hydrogen) atoms. The molecule has 2 N–H and O–H groups in total. The Morgan fingerprint density at radius 2 is 2.16 bits per heavy atom. The summed E-state index contributed by atoms with van der Waals surface area (Å²) in [5.41, 5.74) is 7.51. The van der Waals surface area contributed by atoms with Crippen LogP contribution in [0.2, 0.25) is 0 Å². The molecule has 1 heterocycles. The summed E-state index contributed by atoms with van der Waals surface area (Å²) in [6.45, 7) is 6.37. The van der Waals surface area contributed by atoms with Crippen LogP contribution in [0.15, 0.2) is 18.2 Å². The highest BCUT2D eigenvalue weighted by molar-refractivity contribution is 5.46. The molecule has 1 unspecified atom stereocenters. The number of anilines is 1. The lowest BCUT2D eigenvalue weighted by Crippen LogP contribution is -2.39. The maximum atomic E-state index is 13.1. The molecule has 1 aliphatic heterocycles. The fraction of sp³-hybridized carbons (Fsp3) is 0.600. The first-order chi connectivity index (χ1) is 9.10. The van der Waals surface area contributed by atoms with Gasteiger partial charge < -0.3 is 10.6 Å². The minimum atomic E-state index is -0.260. The van der Waals surface area contributed by atoms with E-state index in [0.717, 1.165) is 38.2 Å². The highest BCUT2D eigenvalue weighted by Crippen LogP contribution is 2.20. The van der Waals surface area contributed by atoms with Crippen molar-refractivity contribution in [2.45, 2.75) is 32.4 Å². The van der Waals surface area contributed by atoms with E-state index in [9.17, 15) is 4.39 Å². The van der Waals surface area contributed by atoms with Crippen LogP contribution in [0, 0.1) is 5.82 Å². The molecule has 0 aromatic heterocycles. The van der Waals surface area contributed by atoms with Crippen LogP contribution in [-0.4, -0.2) is 42.5 Å². The Kier molecular flexibility index (Phi) is 4.77. The van der Waals surface area contributed by atoms with E-state index in [-0.39, 0.29) is 5.82 Å². The molecule has 0 saturated carbocycles. The van der Waals surface area contributed by atoms with E-state index in [1.54, 1.807) is 0 Å². The van der Waals surface area contributed by atoms with Crippen LogP contribution in [0.3, 0.4) is 0 Å². The topological polar surface area (TPSA) is 32.5 Å². The summed E-state index contributed by atoms with van der Waals surface area (Å²) in [6, 6.07) is 5.28. The first-order valence-electron chi connectivity index (χ1n) is 7.06. The summed E-state index contributed by atoms with van der Waals surface area (Å²) in [5, 5.41) is 0. The van der Waals surface area contributed by atoms with Gasteiger partial charge in [-0.3, -0.25) is 4.90 Å². The van der Waals surface area contributed by atoms with E-state index in [1.807, 2.05) is 6.07 Å². The second-order valence-corrected chi connectivity index (χ2v) is 5.49. The average molecular weight is 265 g/mol. The molecule has 3 nitrogen and oxygen atoms in total. The molecule has 0 bridgehead atoms. The van der Waals surface area contributed by atoms with Gasteiger partial charge in [0.1, 0.15) is 5.82 Å². The Morgan fingerprint density at radius 3 is 2.84 bits per heavy atom. The van der Waals surface area contributed by atoms with Crippen molar-refractivity contribution >= 4 is 5.69 Å². The molecule has 1 atom stereocenters. The summed E-state index contributed by atoms with van der Waals surface area (Å²) in [4.78, 5) is 4.87. The van der Waals surface area contributed by atoms with Crippen LogP contribution >= 0.6 is 0 Å². The molecule has 1 aromatic rings. The van der Waals surface area contributed by atoms with E-state index in [2.05, 4.69) is 23.8 Å². The molecule has 4 heteroatoms. The zero-order chi connectivity index (χ0) is 13.8. The minimum Gasteiger partial charge on any atom is -0.398 e. The summed E-state index contributed by atoms with van der Waals surface area (Å²) in [7, 11) is 2.18. The Morgan fingerprint density at radius 1 is 1.37 bits per heavy atom. The van der Waals surface area contributed by atoms with Crippen molar-refractivity contribution in [2.75, 3.05) is 32.4 Å². The number of nitrogens with two attached hydrogens (primary N) is 1. The third-order valence-electron chi connectivity index (χ3n) is 3.98. The summed E-state index contributed by atoms with van der Waals surface area (Å²) in [6.07, 6.45) is 2.31. The van der Waals surface area contributed by atoms with Crippen LogP contribution in [0.5, 0.6) is 0 Å². The molecular formula is C15H24FN3. The Labute approximate surface area is 115 Å². The van der Waals surface area contributed by atoms with E-state index in [1.165, 1.54) is 18.6 Å². The Balaban J connectivity index is 2.11. The number of rotatable bonds is 3. The van der Waals surface area contributed by atoms with Gasteiger partial charge in [0.2, 0.25) is 0 Å². The Hall–Kier alpha value is -1.13. The van der Waals surface area contributed by atoms with Gasteiger partial charge in [0, 0.05) is 31.4 Å². The largest absolute Gasteiger partial charge is 0.398 e. The van der Waals surface area contributed by atoms with Crippen molar-refractivity contribution in [2.24, 2.45) is 0 Å². The van der Waals surface area contributed by atoms with E-state index < -0.39 is 0 Å². The normalized spacial score (nSPS) is 22.4. The van der Waals surface area contributed by atoms with Crippen molar-refractivity contribution in [1.29, 1.82) is 0 Å². The van der Waals surface area contributed by atoms with E-state index in [0.29, 0.717) is 11.7 Å². The van der Waals surface area contributed by atoms with Gasteiger partial charge in [0.25, 0.3) is 0 Å². The van der Waals surface area contributed by atoms with Gasteiger partial charge in [0.15, 0.2) is 0 Å². The summed E-state index contributed by atoms with van der Waals surface area (Å²) in [5.74, 6) is -0.260. The van der Waals surface area contributed by atoms with Crippen molar-refractivity contribution in [3.8, 4) is 0 Å². The van der Waals surface area contributed by atoms with Gasteiger partial charge in [-0.05, 0) is 44.1 Å². The van der Waals surface area contributed by atoms with Gasteiger partial charge in [-0.15, -0.1) is 0 Å². The third-order valence-corrected chi connectivity index (χ3v) is 3.98. The minimum absolute atomic E-state index is 0.260. The molecule has 0 spiro atoms. The van der Waals surface area contributed by atoms with Gasteiger partial charge in [0.05, 0.1) is 0 Å². The smallest absolute Gasteiger partial charge is 0.125 e. The maximum absolute atomic E-state index is 13.1. The molecule has 0 aliphatic carbocycles. The third kappa shape index (κ3) is 3.67. The van der Waals surface area contributed by atoms with Crippen molar-refractivity contribution in [1.82, 2.24) is 9.80 Å². The quantitative estimate of drug-likeness (QED) is 0.851. The summed E-state index contributed by atoms with van der Waals surface area (Å²) >= 11 is 0. The number of benzene rings is 1. The standard InChI is InChI=1S/C15H24FN3/c1-3-14-11-18(2)7-4-8-19(14)10-12-5-6-13(16)9-15(12)17/h5-6,9,14H,3-4,7-8,10-11,17H2,1-2H3. The SMILES string of the molecule is CCC1CN(C)CCCN1Cc1ccc(F)cc1N. The molecule has 0 radical (unpaired) electrons. The van der Waals surface area contributed by atoms with E-state index in [4.69, 9.17) is 5.73 Å². The monoisotopic (exact) mass is 265 g/mol. The first-order valence-corrected chi connectivity index (χ1v) is 7.06. The highest BCUT2D eigenvalue weighted by Gasteiger charge is 2.22. The molecular weight excluding hydrogens is 241 g/mol. The van der Waals surface area contributed by atoms with Crippen LogP contribution in [0.25, 0.3) is 0 Å². The lowest BCUT2D eigenvalue weighted by atomic mass is 10.1. The summed E-state index contributed by atoms with van der Waals surface area (Å²) < 4.78 is 13.1. The zero-order valence-electron chi connectivity index (χ0n) is 11.9. The molecule has 106 valence electrons. The number of hydrogen-bond acceptors (Lipinski definition) is 3. The maximum Gasteiger partial charge on any atom is 0.125 e. The van der Waals surface area contributed by atoms with Crippen molar-refractivity contribution in [3.63, 3.8) is 0 Å².